The number of rotatable bonds is 6. The SMILES string of the molecule is Nc1cc2nc(C(=O)NCc3ccc(F)c(Nc4c(N)c(=O)c4=O)c3)cc(C(=O)O)n2n1. The monoisotopic (exact) mass is 439 g/mol. The third-order valence-corrected chi connectivity index (χ3v) is 4.59. The highest BCUT2D eigenvalue weighted by atomic mass is 19.1. The number of nitrogens with one attached hydrogen (secondary N) is 2. The second-order valence-electron chi connectivity index (χ2n) is 6.74. The van der Waals surface area contributed by atoms with E-state index in [-0.39, 0.29) is 46.5 Å². The number of nitrogen functional groups attached to an aromatic ring is 2. The summed E-state index contributed by atoms with van der Waals surface area (Å²) in [6.45, 7) is -0.0775. The summed E-state index contributed by atoms with van der Waals surface area (Å²) in [6.07, 6.45) is 0. The highest BCUT2D eigenvalue weighted by Crippen LogP contribution is 2.22. The largest absolute Gasteiger partial charge is 0.477 e. The molecule has 4 aromatic rings. The molecule has 162 valence electrons. The zero-order valence-corrected chi connectivity index (χ0v) is 16.0. The van der Waals surface area contributed by atoms with E-state index in [9.17, 15) is 28.7 Å². The van der Waals surface area contributed by atoms with E-state index in [1.807, 2.05) is 0 Å². The summed E-state index contributed by atoms with van der Waals surface area (Å²) in [4.78, 5) is 50.8. The van der Waals surface area contributed by atoms with Gasteiger partial charge in [-0.3, -0.25) is 14.4 Å². The van der Waals surface area contributed by atoms with E-state index in [1.54, 1.807) is 0 Å². The fourth-order valence-electron chi connectivity index (χ4n) is 2.98. The molecule has 2 heterocycles. The Hall–Kier alpha value is -4.81. The van der Waals surface area contributed by atoms with Crippen molar-refractivity contribution < 1.29 is 19.1 Å². The molecule has 0 saturated carbocycles. The van der Waals surface area contributed by atoms with Gasteiger partial charge in [-0.2, -0.15) is 0 Å². The summed E-state index contributed by atoms with van der Waals surface area (Å²) in [6, 6.07) is 6.18. The highest BCUT2D eigenvalue weighted by Gasteiger charge is 2.20. The number of nitrogens with zero attached hydrogens (tertiary/aromatic N) is 3. The lowest BCUT2D eigenvalue weighted by Gasteiger charge is -2.12. The molecule has 4 rings (SSSR count). The molecule has 0 aliphatic rings. The average Bonchev–Trinajstić information content (AvgIpc) is 3.15. The zero-order valence-electron chi connectivity index (χ0n) is 16.0. The second kappa shape index (κ2) is 7.46. The minimum atomic E-state index is -1.33. The van der Waals surface area contributed by atoms with Crippen LogP contribution in [0.4, 0.5) is 27.3 Å². The van der Waals surface area contributed by atoms with E-state index in [0.717, 1.165) is 16.6 Å². The van der Waals surface area contributed by atoms with Crippen LogP contribution in [0.1, 0.15) is 26.5 Å². The summed E-state index contributed by atoms with van der Waals surface area (Å²) >= 11 is 0. The first-order chi connectivity index (χ1) is 15.2. The molecule has 0 fully saturated rings. The van der Waals surface area contributed by atoms with Gasteiger partial charge in [0.05, 0.1) is 5.69 Å². The normalized spacial score (nSPS) is 11.0. The fraction of sp³-hybridized carbons (Fsp3) is 0.0526. The molecule has 13 heteroatoms. The van der Waals surface area contributed by atoms with Crippen molar-refractivity contribution in [3.8, 4) is 0 Å². The first-order valence-corrected chi connectivity index (χ1v) is 8.97. The number of anilines is 4. The van der Waals surface area contributed by atoms with Gasteiger partial charge in [0.15, 0.2) is 11.3 Å². The number of halogens is 1. The van der Waals surface area contributed by atoms with Crippen LogP contribution in [-0.2, 0) is 6.54 Å². The zero-order chi connectivity index (χ0) is 23.2. The van der Waals surface area contributed by atoms with Gasteiger partial charge in [-0.1, -0.05) is 6.07 Å². The topological polar surface area (TPSA) is 195 Å². The Morgan fingerprint density at radius 1 is 1.12 bits per heavy atom. The molecular formula is C19H14FN7O5. The Balaban J connectivity index is 1.54. The van der Waals surface area contributed by atoms with Gasteiger partial charge >= 0.3 is 5.97 Å². The molecule has 32 heavy (non-hydrogen) atoms. The van der Waals surface area contributed by atoms with Crippen molar-refractivity contribution in [2.75, 3.05) is 16.8 Å². The predicted octanol–water partition coefficient (Wildman–Crippen LogP) is 0.000600. The molecule has 0 aliphatic heterocycles. The van der Waals surface area contributed by atoms with E-state index in [1.165, 1.54) is 18.2 Å². The van der Waals surface area contributed by atoms with Crippen LogP contribution in [0.5, 0.6) is 0 Å². The van der Waals surface area contributed by atoms with Gasteiger partial charge in [0, 0.05) is 18.7 Å². The Morgan fingerprint density at radius 2 is 1.88 bits per heavy atom. The number of aromatic nitrogens is 3. The van der Waals surface area contributed by atoms with Crippen LogP contribution < -0.4 is 33.0 Å². The number of hydrogen-bond acceptors (Lipinski definition) is 9. The van der Waals surface area contributed by atoms with E-state index in [2.05, 4.69) is 20.7 Å². The maximum Gasteiger partial charge on any atom is 0.354 e. The van der Waals surface area contributed by atoms with Crippen molar-refractivity contribution in [3.63, 3.8) is 0 Å². The third-order valence-electron chi connectivity index (χ3n) is 4.59. The first kappa shape index (κ1) is 20.5. The van der Waals surface area contributed by atoms with Gasteiger partial charge in [0.2, 0.25) is 0 Å². The van der Waals surface area contributed by atoms with Gasteiger partial charge < -0.3 is 27.2 Å². The van der Waals surface area contributed by atoms with Crippen LogP contribution in [-0.4, -0.2) is 31.6 Å². The highest BCUT2D eigenvalue weighted by molar-refractivity contribution is 5.96. The molecule has 0 atom stereocenters. The number of carbonyl (C=O) groups excluding carboxylic acids is 1. The van der Waals surface area contributed by atoms with Crippen molar-refractivity contribution >= 4 is 40.4 Å². The number of nitrogens with two attached hydrogens (primary N) is 2. The van der Waals surface area contributed by atoms with Crippen LogP contribution in [0.2, 0.25) is 0 Å². The fourth-order valence-corrected chi connectivity index (χ4v) is 2.98. The Labute approximate surface area is 177 Å². The molecule has 7 N–H and O–H groups in total. The molecule has 0 spiro atoms. The Kier molecular flexibility index (Phi) is 4.77. The number of carbonyl (C=O) groups is 2. The first-order valence-electron chi connectivity index (χ1n) is 8.97. The molecule has 0 saturated heterocycles. The number of carboxylic acid groups (broad SMARTS) is 1. The summed E-state index contributed by atoms with van der Waals surface area (Å²) in [5.41, 5.74) is 8.72. The molecule has 0 unspecified atom stereocenters. The maximum absolute atomic E-state index is 14.1. The molecule has 12 nitrogen and oxygen atoms in total. The van der Waals surface area contributed by atoms with Gasteiger partial charge in [0.1, 0.15) is 28.7 Å². The molecule has 2 aromatic carbocycles. The summed E-state index contributed by atoms with van der Waals surface area (Å²) in [7, 11) is 0. The maximum atomic E-state index is 14.1. The number of hydrogen-bond donors (Lipinski definition) is 5. The standard InChI is InChI=1S/C19H14FN7O5/c20-8-2-1-7(3-9(8)25-15-14(22)16(28)17(15)29)6-23-18(30)10-4-11(19(31)32)27-13(24-10)5-12(21)26-27/h1-5,25H,6,22H2,(H2,21,26)(H,23,30)(H,31,32). The molecule has 1 amide bonds. The van der Waals surface area contributed by atoms with Crippen molar-refractivity contribution in [3.05, 3.63) is 73.5 Å². The van der Waals surface area contributed by atoms with E-state index >= 15 is 0 Å². The molecule has 0 bridgehead atoms. The summed E-state index contributed by atoms with van der Waals surface area (Å²) < 4.78 is 15.1. The smallest absolute Gasteiger partial charge is 0.354 e. The lowest BCUT2D eigenvalue weighted by molar-refractivity contribution is 0.0687. The quantitative estimate of drug-likeness (QED) is 0.255. The lowest BCUT2D eigenvalue weighted by Crippen LogP contribution is -2.36. The Bertz CT molecular complexity index is 1490. The van der Waals surface area contributed by atoms with Crippen LogP contribution in [0.3, 0.4) is 0 Å². The minimum absolute atomic E-state index is 0.0336. The van der Waals surface area contributed by atoms with Crippen molar-refractivity contribution in [2.45, 2.75) is 6.54 Å². The van der Waals surface area contributed by atoms with Gasteiger partial charge in [0.25, 0.3) is 16.8 Å². The number of benzene rings is 1. The van der Waals surface area contributed by atoms with E-state index < -0.39 is 28.6 Å². The average molecular weight is 439 g/mol. The van der Waals surface area contributed by atoms with Crippen molar-refractivity contribution in [1.29, 1.82) is 0 Å². The van der Waals surface area contributed by atoms with Gasteiger partial charge in [-0.15, -0.1) is 5.10 Å². The summed E-state index contributed by atoms with van der Waals surface area (Å²) in [5.74, 6) is -2.70. The number of fused-ring (bicyclic) bond motifs is 1. The Morgan fingerprint density at radius 3 is 2.56 bits per heavy atom. The van der Waals surface area contributed by atoms with Crippen molar-refractivity contribution in [1.82, 2.24) is 19.9 Å². The van der Waals surface area contributed by atoms with E-state index in [4.69, 9.17) is 11.5 Å². The van der Waals surface area contributed by atoms with Gasteiger partial charge in [-0.25, -0.2) is 18.7 Å². The van der Waals surface area contributed by atoms with Crippen LogP contribution in [0.25, 0.3) is 5.65 Å². The molecule has 2 aromatic heterocycles. The summed E-state index contributed by atoms with van der Waals surface area (Å²) in [5, 5.41) is 18.2. The number of amides is 1. The lowest BCUT2D eigenvalue weighted by atomic mass is 10.1. The van der Waals surface area contributed by atoms with Gasteiger partial charge in [-0.05, 0) is 17.7 Å². The van der Waals surface area contributed by atoms with Crippen molar-refractivity contribution in [2.24, 2.45) is 0 Å². The minimum Gasteiger partial charge on any atom is -0.477 e. The molecular weight excluding hydrogens is 425 g/mol. The predicted molar refractivity (Wildman–Crippen MR) is 111 cm³/mol. The number of aromatic carboxylic acids is 1. The molecule has 0 radical (unpaired) electrons. The van der Waals surface area contributed by atoms with Crippen LogP contribution >= 0.6 is 0 Å². The van der Waals surface area contributed by atoms with Crippen LogP contribution in [0, 0.1) is 5.82 Å². The van der Waals surface area contributed by atoms with E-state index in [0.29, 0.717) is 5.56 Å². The molecule has 0 aliphatic carbocycles. The second-order valence-corrected chi connectivity index (χ2v) is 6.74. The van der Waals surface area contributed by atoms with Crippen LogP contribution in [0.15, 0.2) is 39.9 Å². The third kappa shape index (κ3) is 3.47. The number of carboxylic acids is 1.